The quantitative estimate of drug-likeness (QED) is 0.610. The molecular weight excluding hydrogens is 223 g/mol. The zero-order valence-electron chi connectivity index (χ0n) is 10.1. The van der Waals surface area contributed by atoms with E-state index in [0.717, 1.165) is 18.9 Å². The van der Waals surface area contributed by atoms with Gasteiger partial charge in [0.25, 0.3) is 5.69 Å². The first-order valence-corrected chi connectivity index (χ1v) is 5.76. The Morgan fingerprint density at radius 1 is 1.41 bits per heavy atom. The average molecular weight is 240 g/mol. The average Bonchev–Trinajstić information content (AvgIpc) is 2.31. The second kappa shape index (κ2) is 6.18. The van der Waals surface area contributed by atoms with Crippen LogP contribution in [0.3, 0.4) is 0 Å². The van der Waals surface area contributed by atoms with Gasteiger partial charge in [0.1, 0.15) is 11.5 Å². The van der Waals surface area contributed by atoms with Crippen LogP contribution in [0.25, 0.3) is 0 Å². The molecule has 0 amide bonds. The zero-order chi connectivity index (χ0) is 12.8. The van der Waals surface area contributed by atoms with Gasteiger partial charge in [0, 0.05) is 6.54 Å². The molecule has 0 aromatic heterocycles. The number of hydrogen-bond acceptors (Lipinski definition) is 3. The molecule has 0 fully saturated rings. The topological polar surface area (TPSA) is 55.2 Å². The molecule has 1 aromatic carbocycles. The fraction of sp³-hybridized carbons (Fsp3) is 0.500. The van der Waals surface area contributed by atoms with Gasteiger partial charge in [-0.3, -0.25) is 10.1 Å². The number of benzene rings is 1. The molecule has 0 atom stereocenters. The minimum absolute atomic E-state index is 0.212. The molecule has 0 radical (unpaired) electrons. The van der Waals surface area contributed by atoms with Crippen LogP contribution in [-0.4, -0.2) is 11.5 Å². The molecule has 4 nitrogen and oxygen atoms in total. The molecule has 1 N–H and O–H groups in total. The minimum atomic E-state index is -0.593. The Balaban J connectivity index is 2.80. The highest BCUT2D eigenvalue weighted by Gasteiger charge is 2.15. The van der Waals surface area contributed by atoms with Crippen molar-refractivity contribution in [3.63, 3.8) is 0 Å². The van der Waals surface area contributed by atoms with Crippen LogP contribution in [0.2, 0.25) is 0 Å². The summed E-state index contributed by atoms with van der Waals surface area (Å²) in [5.41, 5.74) is 0.166. The number of hydrogen-bond donors (Lipinski definition) is 1. The summed E-state index contributed by atoms with van der Waals surface area (Å²) in [6.45, 7) is 4.82. The molecule has 0 saturated carbocycles. The summed E-state index contributed by atoms with van der Waals surface area (Å²) in [7, 11) is 0. The molecule has 0 unspecified atom stereocenters. The maximum Gasteiger partial charge on any atom is 0.295 e. The second-order valence-electron chi connectivity index (χ2n) is 3.98. The highest BCUT2D eigenvalue weighted by Crippen LogP contribution is 2.25. The number of rotatable bonds is 6. The van der Waals surface area contributed by atoms with Crippen LogP contribution in [0.1, 0.15) is 26.7 Å². The van der Waals surface area contributed by atoms with Crippen molar-refractivity contribution < 1.29 is 9.31 Å². The van der Waals surface area contributed by atoms with E-state index in [4.69, 9.17) is 0 Å². The maximum atomic E-state index is 12.9. The van der Waals surface area contributed by atoms with Crippen molar-refractivity contribution in [2.24, 2.45) is 5.92 Å². The van der Waals surface area contributed by atoms with Gasteiger partial charge in [-0.1, -0.05) is 26.7 Å². The van der Waals surface area contributed by atoms with Crippen LogP contribution in [-0.2, 0) is 0 Å². The second-order valence-corrected chi connectivity index (χ2v) is 3.98. The number of nitro benzene ring substituents is 1. The van der Waals surface area contributed by atoms with Crippen molar-refractivity contribution in [2.75, 3.05) is 11.9 Å². The molecule has 1 rings (SSSR count). The van der Waals surface area contributed by atoms with E-state index in [9.17, 15) is 14.5 Å². The van der Waals surface area contributed by atoms with E-state index in [1.54, 1.807) is 0 Å². The lowest BCUT2D eigenvalue weighted by Crippen LogP contribution is -2.13. The smallest absolute Gasteiger partial charge is 0.295 e. The summed E-state index contributed by atoms with van der Waals surface area (Å²) in [5, 5.41) is 13.8. The highest BCUT2D eigenvalue weighted by atomic mass is 19.1. The van der Waals surface area contributed by atoms with Gasteiger partial charge in [-0.25, -0.2) is 4.39 Å². The molecular formula is C12H17FN2O2. The molecule has 0 aliphatic carbocycles. The first-order valence-electron chi connectivity index (χ1n) is 5.76. The van der Waals surface area contributed by atoms with E-state index in [2.05, 4.69) is 19.2 Å². The number of anilines is 1. The fourth-order valence-electron chi connectivity index (χ4n) is 1.64. The van der Waals surface area contributed by atoms with E-state index in [-0.39, 0.29) is 5.69 Å². The summed E-state index contributed by atoms with van der Waals surface area (Å²) in [5.74, 6) is -0.121. The van der Waals surface area contributed by atoms with Crippen molar-refractivity contribution >= 4 is 11.4 Å². The monoisotopic (exact) mass is 240 g/mol. The lowest BCUT2D eigenvalue weighted by atomic mass is 10.0. The molecule has 0 saturated heterocycles. The van der Waals surface area contributed by atoms with Gasteiger partial charge in [0.05, 0.1) is 11.0 Å². The summed E-state index contributed by atoms with van der Waals surface area (Å²) in [6.07, 6.45) is 2.02. The van der Waals surface area contributed by atoms with Crippen molar-refractivity contribution in [2.45, 2.75) is 26.7 Å². The number of nitrogens with zero attached hydrogens (tertiary/aromatic N) is 1. The normalized spacial score (nSPS) is 10.6. The number of nitrogens with one attached hydrogen (secondary N) is 1. The SMILES string of the molecule is CCC(CC)CNc1ccc(F)cc1[N+](=O)[O-]. The molecule has 0 aliphatic heterocycles. The van der Waals surface area contributed by atoms with Crippen LogP contribution in [0.4, 0.5) is 15.8 Å². The van der Waals surface area contributed by atoms with Gasteiger partial charge in [0.15, 0.2) is 0 Å². The van der Waals surface area contributed by atoms with Crippen molar-refractivity contribution in [1.82, 2.24) is 0 Å². The summed E-state index contributed by atoms with van der Waals surface area (Å²) < 4.78 is 12.9. The van der Waals surface area contributed by atoms with Crippen LogP contribution < -0.4 is 5.32 Å². The van der Waals surface area contributed by atoms with Crippen LogP contribution in [0.15, 0.2) is 18.2 Å². The molecule has 5 heteroatoms. The van der Waals surface area contributed by atoms with Crippen LogP contribution in [0.5, 0.6) is 0 Å². The van der Waals surface area contributed by atoms with Gasteiger partial charge in [-0.2, -0.15) is 0 Å². The van der Waals surface area contributed by atoms with Gasteiger partial charge < -0.3 is 5.32 Å². The van der Waals surface area contributed by atoms with Gasteiger partial charge in [0.2, 0.25) is 0 Å². The Kier molecular flexibility index (Phi) is 4.87. The van der Waals surface area contributed by atoms with Crippen molar-refractivity contribution in [3.8, 4) is 0 Å². The van der Waals surface area contributed by atoms with E-state index in [1.807, 2.05) is 0 Å². The van der Waals surface area contributed by atoms with E-state index in [0.29, 0.717) is 18.2 Å². The molecule has 94 valence electrons. The van der Waals surface area contributed by atoms with E-state index >= 15 is 0 Å². The highest BCUT2D eigenvalue weighted by molar-refractivity contribution is 5.61. The Morgan fingerprint density at radius 2 is 2.06 bits per heavy atom. The predicted octanol–water partition coefficient (Wildman–Crippen LogP) is 3.58. The van der Waals surface area contributed by atoms with Crippen molar-refractivity contribution in [1.29, 1.82) is 0 Å². The third kappa shape index (κ3) is 3.69. The Bertz CT molecular complexity index is 392. The minimum Gasteiger partial charge on any atom is -0.379 e. The Labute approximate surface area is 100.0 Å². The standard InChI is InChI=1S/C12H17FN2O2/c1-3-9(4-2)8-14-11-6-5-10(13)7-12(11)15(16)17/h5-7,9,14H,3-4,8H2,1-2H3. The number of halogens is 1. The van der Waals surface area contributed by atoms with Gasteiger partial charge >= 0.3 is 0 Å². The maximum absolute atomic E-state index is 12.9. The van der Waals surface area contributed by atoms with Crippen molar-refractivity contribution in [3.05, 3.63) is 34.1 Å². The predicted molar refractivity (Wildman–Crippen MR) is 65.6 cm³/mol. The summed E-state index contributed by atoms with van der Waals surface area (Å²) >= 11 is 0. The molecule has 0 aliphatic rings. The lowest BCUT2D eigenvalue weighted by molar-refractivity contribution is -0.384. The molecule has 1 aromatic rings. The number of nitro groups is 1. The Hall–Kier alpha value is -1.65. The lowest BCUT2D eigenvalue weighted by Gasteiger charge is -2.14. The Morgan fingerprint density at radius 3 is 2.59 bits per heavy atom. The summed E-state index contributed by atoms with van der Waals surface area (Å²) in [4.78, 5) is 10.2. The van der Waals surface area contributed by atoms with E-state index < -0.39 is 10.7 Å². The fourth-order valence-corrected chi connectivity index (χ4v) is 1.64. The largest absolute Gasteiger partial charge is 0.379 e. The first-order chi connectivity index (χ1) is 8.08. The summed E-state index contributed by atoms with van der Waals surface area (Å²) in [6, 6.07) is 3.58. The molecule has 0 spiro atoms. The third-order valence-corrected chi connectivity index (χ3v) is 2.89. The van der Waals surface area contributed by atoms with Gasteiger partial charge in [-0.15, -0.1) is 0 Å². The van der Waals surface area contributed by atoms with E-state index in [1.165, 1.54) is 12.1 Å². The van der Waals surface area contributed by atoms with Crippen LogP contribution in [0, 0.1) is 21.8 Å². The van der Waals surface area contributed by atoms with Crippen LogP contribution >= 0.6 is 0 Å². The first kappa shape index (κ1) is 13.4. The third-order valence-electron chi connectivity index (χ3n) is 2.89. The molecule has 0 bridgehead atoms. The van der Waals surface area contributed by atoms with Gasteiger partial charge in [-0.05, 0) is 18.1 Å². The zero-order valence-corrected chi connectivity index (χ0v) is 10.1. The molecule has 17 heavy (non-hydrogen) atoms. The molecule has 0 heterocycles.